The van der Waals surface area contributed by atoms with E-state index in [1.807, 2.05) is 6.92 Å². The first kappa shape index (κ1) is 14.7. The van der Waals surface area contributed by atoms with E-state index in [0.29, 0.717) is 11.9 Å². The first-order valence-corrected chi connectivity index (χ1v) is 6.32. The zero-order valence-corrected chi connectivity index (χ0v) is 11.7. The number of hydrazine groups is 1. The molecule has 102 valence electrons. The lowest BCUT2D eigenvalue weighted by Crippen LogP contribution is -2.32. The van der Waals surface area contributed by atoms with Gasteiger partial charge in [0.05, 0.1) is 0 Å². The zero-order chi connectivity index (χ0) is 13.5. The molecule has 0 fully saturated rings. The Morgan fingerprint density at radius 2 is 2.06 bits per heavy atom. The van der Waals surface area contributed by atoms with Crippen LogP contribution in [0.1, 0.15) is 25.8 Å². The Kier molecular flexibility index (Phi) is 5.80. The summed E-state index contributed by atoms with van der Waals surface area (Å²) in [5.74, 6) is 6.86. The van der Waals surface area contributed by atoms with Crippen molar-refractivity contribution in [1.82, 2.24) is 14.9 Å². The standard InChI is InChI=1S/C12H24N6/c1-5-9(2)18(4)7-6-14-11-10(3)12(17-13)16-8-15-11/h8-9H,5-7,13H2,1-4H3,(H2,14,15,16,17). The fourth-order valence-corrected chi connectivity index (χ4v) is 1.66. The molecule has 1 atom stereocenters. The van der Waals surface area contributed by atoms with Gasteiger partial charge in [-0.15, -0.1) is 0 Å². The normalized spacial score (nSPS) is 12.6. The van der Waals surface area contributed by atoms with Crippen LogP contribution in [-0.4, -0.2) is 41.0 Å². The smallest absolute Gasteiger partial charge is 0.148 e. The van der Waals surface area contributed by atoms with Crippen molar-refractivity contribution in [2.75, 3.05) is 30.9 Å². The highest BCUT2D eigenvalue weighted by Gasteiger charge is 2.08. The van der Waals surface area contributed by atoms with Crippen molar-refractivity contribution in [3.05, 3.63) is 11.9 Å². The molecule has 6 nitrogen and oxygen atoms in total. The molecule has 0 aliphatic rings. The van der Waals surface area contributed by atoms with Gasteiger partial charge in [0.15, 0.2) is 0 Å². The Bertz CT molecular complexity index is 368. The minimum absolute atomic E-state index is 0.597. The molecule has 0 radical (unpaired) electrons. The molecule has 6 heteroatoms. The van der Waals surface area contributed by atoms with Crippen molar-refractivity contribution in [1.29, 1.82) is 0 Å². The van der Waals surface area contributed by atoms with Crippen LogP contribution in [-0.2, 0) is 0 Å². The Balaban J connectivity index is 2.49. The van der Waals surface area contributed by atoms with Crippen molar-refractivity contribution in [2.24, 2.45) is 5.84 Å². The first-order chi connectivity index (χ1) is 8.60. The zero-order valence-electron chi connectivity index (χ0n) is 11.7. The van der Waals surface area contributed by atoms with Crippen molar-refractivity contribution in [3.8, 4) is 0 Å². The molecule has 0 bridgehead atoms. The molecule has 0 saturated heterocycles. The molecule has 0 saturated carbocycles. The topological polar surface area (TPSA) is 79.1 Å². The summed E-state index contributed by atoms with van der Waals surface area (Å²) < 4.78 is 0. The predicted octanol–water partition coefficient (Wildman–Crippen LogP) is 1.21. The maximum Gasteiger partial charge on any atom is 0.148 e. The van der Waals surface area contributed by atoms with Gasteiger partial charge in [-0.05, 0) is 27.3 Å². The Morgan fingerprint density at radius 1 is 1.39 bits per heavy atom. The second-order valence-electron chi connectivity index (χ2n) is 4.50. The molecule has 0 aliphatic carbocycles. The van der Waals surface area contributed by atoms with Crippen LogP contribution in [0, 0.1) is 6.92 Å². The number of nitrogens with one attached hydrogen (secondary N) is 2. The van der Waals surface area contributed by atoms with E-state index >= 15 is 0 Å². The fourth-order valence-electron chi connectivity index (χ4n) is 1.66. The minimum Gasteiger partial charge on any atom is -0.368 e. The molecule has 1 heterocycles. The van der Waals surface area contributed by atoms with E-state index in [1.165, 1.54) is 6.33 Å². The van der Waals surface area contributed by atoms with Gasteiger partial charge in [0.25, 0.3) is 0 Å². The van der Waals surface area contributed by atoms with Gasteiger partial charge in [-0.3, -0.25) is 0 Å². The van der Waals surface area contributed by atoms with Crippen molar-refractivity contribution in [2.45, 2.75) is 33.2 Å². The minimum atomic E-state index is 0.597. The van der Waals surface area contributed by atoms with Crippen LogP contribution >= 0.6 is 0 Å². The van der Waals surface area contributed by atoms with E-state index in [9.17, 15) is 0 Å². The summed E-state index contributed by atoms with van der Waals surface area (Å²) in [5, 5.41) is 3.31. The molecule has 1 aromatic heterocycles. The number of hydrogen-bond donors (Lipinski definition) is 3. The number of nitrogens with zero attached hydrogens (tertiary/aromatic N) is 3. The highest BCUT2D eigenvalue weighted by molar-refractivity contribution is 5.55. The summed E-state index contributed by atoms with van der Waals surface area (Å²) >= 11 is 0. The number of likely N-dealkylation sites (N-methyl/N-ethyl adjacent to an activating group) is 1. The molecule has 1 rings (SSSR count). The van der Waals surface area contributed by atoms with Gasteiger partial charge in [-0.2, -0.15) is 0 Å². The van der Waals surface area contributed by atoms with E-state index in [-0.39, 0.29) is 0 Å². The van der Waals surface area contributed by atoms with Crippen LogP contribution in [0.2, 0.25) is 0 Å². The fraction of sp³-hybridized carbons (Fsp3) is 0.667. The average Bonchev–Trinajstić information content (AvgIpc) is 2.39. The molecule has 4 N–H and O–H groups in total. The van der Waals surface area contributed by atoms with E-state index in [4.69, 9.17) is 5.84 Å². The molecule has 1 aromatic rings. The monoisotopic (exact) mass is 252 g/mol. The number of rotatable bonds is 7. The number of hydrogen-bond acceptors (Lipinski definition) is 6. The molecule has 18 heavy (non-hydrogen) atoms. The summed E-state index contributed by atoms with van der Waals surface area (Å²) in [6.45, 7) is 8.19. The summed E-state index contributed by atoms with van der Waals surface area (Å²) in [6.07, 6.45) is 2.66. The Labute approximate surface area is 109 Å². The van der Waals surface area contributed by atoms with Crippen LogP contribution in [0.3, 0.4) is 0 Å². The lowest BCUT2D eigenvalue weighted by molar-refractivity contribution is 0.261. The highest BCUT2D eigenvalue weighted by Crippen LogP contribution is 2.16. The first-order valence-electron chi connectivity index (χ1n) is 6.32. The maximum atomic E-state index is 5.38. The Hall–Kier alpha value is -1.40. The van der Waals surface area contributed by atoms with Crippen LogP contribution < -0.4 is 16.6 Å². The van der Waals surface area contributed by atoms with E-state index in [1.54, 1.807) is 0 Å². The van der Waals surface area contributed by atoms with Crippen molar-refractivity contribution in [3.63, 3.8) is 0 Å². The molecular formula is C12H24N6. The quantitative estimate of drug-likeness (QED) is 0.500. The number of aromatic nitrogens is 2. The largest absolute Gasteiger partial charge is 0.368 e. The summed E-state index contributed by atoms with van der Waals surface area (Å²) in [6, 6.07) is 0.597. The van der Waals surface area contributed by atoms with E-state index in [2.05, 4.69) is 46.5 Å². The molecule has 0 aliphatic heterocycles. The molecule has 0 aromatic carbocycles. The van der Waals surface area contributed by atoms with Crippen LogP contribution in [0.4, 0.5) is 11.6 Å². The second kappa shape index (κ2) is 7.13. The van der Waals surface area contributed by atoms with E-state index < -0.39 is 0 Å². The van der Waals surface area contributed by atoms with Crippen LogP contribution in [0.5, 0.6) is 0 Å². The van der Waals surface area contributed by atoms with Crippen molar-refractivity contribution >= 4 is 11.6 Å². The lowest BCUT2D eigenvalue weighted by atomic mass is 10.2. The maximum absolute atomic E-state index is 5.38. The third kappa shape index (κ3) is 3.82. The number of nitrogen functional groups attached to an aromatic ring is 1. The third-order valence-electron chi connectivity index (χ3n) is 3.32. The van der Waals surface area contributed by atoms with Gasteiger partial charge >= 0.3 is 0 Å². The third-order valence-corrected chi connectivity index (χ3v) is 3.32. The summed E-state index contributed by atoms with van der Waals surface area (Å²) in [5.41, 5.74) is 3.50. The number of nitrogens with two attached hydrogens (primary N) is 1. The van der Waals surface area contributed by atoms with Gasteiger partial charge in [-0.1, -0.05) is 6.92 Å². The molecule has 0 amide bonds. The molecule has 0 spiro atoms. The predicted molar refractivity (Wildman–Crippen MR) is 75.5 cm³/mol. The van der Waals surface area contributed by atoms with Gasteiger partial charge in [0, 0.05) is 24.7 Å². The second-order valence-corrected chi connectivity index (χ2v) is 4.50. The lowest BCUT2D eigenvalue weighted by Gasteiger charge is -2.23. The average molecular weight is 252 g/mol. The van der Waals surface area contributed by atoms with Gasteiger partial charge < -0.3 is 15.6 Å². The van der Waals surface area contributed by atoms with Gasteiger partial charge in [0.1, 0.15) is 18.0 Å². The highest BCUT2D eigenvalue weighted by atomic mass is 15.3. The molecular weight excluding hydrogens is 228 g/mol. The Morgan fingerprint density at radius 3 is 2.67 bits per heavy atom. The SMILES string of the molecule is CCC(C)N(C)CCNc1ncnc(NN)c1C. The number of anilines is 2. The van der Waals surface area contributed by atoms with Gasteiger partial charge in [-0.25, -0.2) is 15.8 Å². The molecule has 1 unspecified atom stereocenters. The summed E-state index contributed by atoms with van der Waals surface area (Å²) in [7, 11) is 2.13. The van der Waals surface area contributed by atoms with Crippen LogP contribution in [0.25, 0.3) is 0 Å². The van der Waals surface area contributed by atoms with Crippen LogP contribution in [0.15, 0.2) is 6.33 Å². The van der Waals surface area contributed by atoms with Gasteiger partial charge in [0.2, 0.25) is 0 Å². The van der Waals surface area contributed by atoms with Crippen molar-refractivity contribution < 1.29 is 0 Å². The summed E-state index contributed by atoms with van der Waals surface area (Å²) in [4.78, 5) is 10.6. The van der Waals surface area contributed by atoms with E-state index in [0.717, 1.165) is 30.9 Å².